The Labute approximate surface area is 114 Å². The van der Waals surface area contributed by atoms with Crippen molar-refractivity contribution >= 4 is 0 Å². The second-order valence-corrected chi connectivity index (χ2v) is 5.43. The van der Waals surface area contributed by atoms with E-state index in [1.54, 1.807) is 13.2 Å². The van der Waals surface area contributed by atoms with Crippen LogP contribution in [0.5, 0.6) is 0 Å². The maximum Gasteiger partial charge on any atom is 0.128 e. The number of likely N-dealkylation sites (tertiary alicyclic amines) is 1. The molecule has 19 heavy (non-hydrogen) atoms. The van der Waals surface area contributed by atoms with Crippen LogP contribution in [-0.4, -0.2) is 37.7 Å². The molecular formula is C15H23FN2O. The minimum Gasteiger partial charge on any atom is -0.384 e. The van der Waals surface area contributed by atoms with Crippen LogP contribution in [0.2, 0.25) is 0 Å². The van der Waals surface area contributed by atoms with Gasteiger partial charge in [-0.25, -0.2) is 4.39 Å². The highest BCUT2D eigenvalue weighted by Gasteiger charge is 2.32. The van der Waals surface area contributed by atoms with Gasteiger partial charge < -0.3 is 10.5 Å². The van der Waals surface area contributed by atoms with Gasteiger partial charge in [-0.05, 0) is 31.9 Å². The van der Waals surface area contributed by atoms with Crippen LogP contribution in [0.25, 0.3) is 0 Å². The monoisotopic (exact) mass is 266 g/mol. The van der Waals surface area contributed by atoms with Crippen LogP contribution >= 0.6 is 0 Å². The van der Waals surface area contributed by atoms with Crippen molar-refractivity contribution in [2.45, 2.75) is 25.4 Å². The predicted octanol–water partition coefficient (Wildman–Crippen LogP) is 2.18. The first-order valence-corrected chi connectivity index (χ1v) is 6.86. The third kappa shape index (κ3) is 3.32. The van der Waals surface area contributed by atoms with Crippen LogP contribution in [-0.2, 0) is 4.74 Å². The molecule has 3 atom stereocenters. The van der Waals surface area contributed by atoms with Crippen molar-refractivity contribution < 1.29 is 9.13 Å². The molecule has 0 aromatic heterocycles. The van der Waals surface area contributed by atoms with Crippen LogP contribution in [0.4, 0.5) is 4.39 Å². The number of hydrogen-bond acceptors (Lipinski definition) is 3. The molecule has 1 aliphatic heterocycles. The van der Waals surface area contributed by atoms with Crippen LogP contribution in [0, 0.1) is 11.7 Å². The smallest absolute Gasteiger partial charge is 0.128 e. The summed E-state index contributed by atoms with van der Waals surface area (Å²) in [6.07, 6.45) is 1.09. The Morgan fingerprint density at radius 3 is 2.84 bits per heavy atom. The molecule has 1 fully saturated rings. The number of hydrogen-bond donors (Lipinski definition) is 1. The molecule has 1 aliphatic rings. The standard InChI is InChI=1S/C15H23FN2O/c1-11(17)15(13-5-3-4-6-14(13)16)18-8-7-12(9-18)10-19-2/h3-6,11-12,15H,7-10,17H2,1-2H3. The van der Waals surface area contributed by atoms with Gasteiger partial charge in [-0.15, -0.1) is 0 Å². The number of ether oxygens (including phenoxy) is 1. The molecule has 2 rings (SSSR count). The van der Waals surface area contributed by atoms with Crippen molar-refractivity contribution in [1.29, 1.82) is 0 Å². The van der Waals surface area contributed by atoms with Gasteiger partial charge >= 0.3 is 0 Å². The highest BCUT2D eigenvalue weighted by atomic mass is 19.1. The average molecular weight is 266 g/mol. The summed E-state index contributed by atoms with van der Waals surface area (Å²) in [5, 5.41) is 0. The third-order valence-electron chi connectivity index (χ3n) is 3.83. The Kier molecular flexibility index (Phi) is 4.91. The van der Waals surface area contributed by atoms with E-state index in [0.29, 0.717) is 11.5 Å². The van der Waals surface area contributed by atoms with Crippen molar-refractivity contribution in [3.05, 3.63) is 35.6 Å². The van der Waals surface area contributed by atoms with Gasteiger partial charge in [0.2, 0.25) is 0 Å². The number of nitrogens with two attached hydrogens (primary N) is 1. The minimum absolute atomic E-state index is 0.0527. The third-order valence-corrected chi connectivity index (χ3v) is 3.83. The second-order valence-electron chi connectivity index (χ2n) is 5.43. The van der Waals surface area contributed by atoms with E-state index >= 15 is 0 Å². The molecule has 1 aromatic carbocycles. The molecule has 3 nitrogen and oxygen atoms in total. The van der Waals surface area contributed by atoms with Gasteiger partial charge in [0.25, 0.3) is 0 Å². The van der Waals surface area contributed by atoms with Gasteiger partial charge in [0.1, 0.15) is 5.82 Å². The van der Waals surface area contributed by atoms with Gasteiger partial charge in [0.15, 0.2) is 0 Å². The fourth-order valence-electron chi connectivity index (χ4n) is 3.01. The van der Waals surface area contributed by atoms with Crippen molar-refractivity contribution in [2.24, 2.45) is 11.7 Å². The molecule has 3 unspecified atom stereocenters. The lowest BCUT2D eigenvalue weighted by Crippen LogP contribution is -2.39. The summed E-state index contributed by atoms with van der Waals surface area (Å²) >= 11 is 0. The zero-order chi connectivity index (χ0) is 13.8. The van der Waals surface area contributed by atoms with E-state index in [0.717, 1.165) is 26.1 Å². The van der Waals surface area contributed by atoms with Crippen molar-refractivity contribution in [1.82, 2.24) is 4.90 Å². The molecule has 1 saturated heterocycles. The summed E-state index contributed by atoms with van der Waals surface area (Å²) in [4.78, 5) is 2.28. The molecule has 0 radical (unpaired) electrons. The van der Waals surface area contributed by atoms with E-state index in [1.165, 1.54) is 6.07 Å². The van der Waals surface area contributed by atoms with Gasteiger partial charge in [-0.2, -0.15) is 0 Å². The lowest BCUT2D eigenvalue weighted by atomic mass is 9.99. The van der Waals surface area contributed by atoms with Gasteiger partial charge in [-0.1, -0.05) is 18.2 Å². The summed E-state index contributed by atoms with van der Waals surface area (Å²) in [7, 11) is 1.72. The first kappa shape index (κ1) is 14.4. The SMILES string of the molecule is COCC1CCN(C(c2ccccc2F)C(C)N)C1. The number of methoxy groups -OCH3 is 1. The van der Waals surface area contributed by atoms with Gasteiger partial charge in [-0.3, -0.25) is 4.90 Å². The lowest BCUT2D eigenvalue weighted by Gasteiger charge is -2.31. The fourth-order valence-corrected chi connectivity index (χ4v) is 3.01. The first-order chi connectivity index (χ1) is 9.13. The first-order valence-electron chi connectivity index (χ1n) is 6.86. The number of nitrogens with zero attached hydrogens (tertiary/aromatic N) is 1. The average Bonchev–Trinajstić information content (AvgIpc) is 2.80. The van der Waals surface area contributed by atoms with Crippen LogP contribution in [0.3, 0.4) is 0 Å². The maximum absolute atomic E-state index is 14.0. The number of rotatable bonds is 5. The van der Waals surface area contributed by atoms with Crippen LogP contribution in [0.1, 0.15) is 24.9 Å². The molecule has 1 heterocycles. The predicted molar refractivity (Wildman–Crippen MR) is 74.3 cm³/mol. The largest absolute Gasteiger partial charge is 0.384 e. The van der Waals surface area contributed by atoms with Crippen molar-refractivity contribution in [2.75, 3.05) is 26.8 Å². The highest BCUT2D eigenvalue weighted by molar-refractivity contribution is 5.23. The molecule has 1 aromatic rings. The van der Waals surface area contributed by atoms with Crippen molar-refractivity contribution in [3.63, 3.8) is 0 Å². The lowest BCUT2D eigenvalue weighted by molar-refractivity contribution is 0.143. The van der Waals surface area contributed by atoms with Gasteiger partial charge in [0, 0.05) is 25.3 Å². The summed E-state index contributed by atoms with van der Waals surface area (Å²) in [6.45, 7) is 4.59. The molecule has 0 bridgehead atoms. The number of halogens is 1. The number of benzene rings is 1. The molecular weight excluding hydrogens is 243 g/mol. The van der Waals surface area contributed by atoms with E-state index in [1.807, 2.05) is 19.1 Å². The molecule has 2 N–H and O–H groups in total. The molecule has 4 heteroatoms. The summed E-state index contributed by atoms with van der Waals surface area (Å²) < 4.78 is 19.2. The maximum atomic E-state index is 14.0. The topological polar surface area (TPSA) is 38.5 Å². The summed E-state index contributed by atoms with van der Waals surface area (Å²) in [5.74, 6) is 0.359. The van der Waals surface area contributed by atoms with E-state index in [9.17, 15) is 4.39 Å². The summed E-state index contributed by atoms with van der Waals surface area (Å²) in [5.41, 5.74) is 6.80. The Bertz CT molecular complexity index is 411. The molecule has 0 amide bonds. The minimum atomic E-state index is -0.167. The summed E-state index contributed by atoms with van der Waals surface area (Å²) in [6, 6.07) is 6.78. The quantitative estimate of drug-likeness (QED) is 0.888. The van der Waals surface area contributed by atoms with Crippen molar-refractivity contribution in [3.8, 4) is 0 Å². The zero-order valence-electron chi connectivity index (χ0n) is 11.7. The fraction of sp³-hybridized carbons (Fsp3) is 0.600. The molecule has 106 valence electrons. The zero-order valence-corrected chi connectivity index (χ0v) is 11.7. The van der Waals surface area contributed by atoms with E-state index < -0.39 is 0 Å². The van der Waals surface area contributed by atoms with E-state index in [2.05, 4.69) is 4.90 Å². The highest BCUT2D eigenvalue weighted by Crippen LogP contribution is 2.31. The van der Waals surface area contributed by atoms with Crippen LogP contribution < -0.4 is 5.73 Å². The second kappa shape index (κ2) is 6.46. The Morgan fingerprint density at radius 1 is 1.47 bits per heavy atom. The Morgan fingerprint density at radius 2 is 2.21 bits per heavy atom. The molecule has 0 aliphatic carbocycles. The van der Waals surface area contributed by atoms with Gasteiger partial charge in [0.05, 0.1) is 12.6 Å². The van der Waals surface area contributed by atoms with E-state index in [4.69, 9.17) is 10.5 Å². The Balaban J connectivity index is 2.16. The van der Waals surface area contributed by atoms with Crippen LogP contribution in [0.15, 0.2) is 24.3 Å². The Hall–Kier alpha value is -0.970. The normalized spacial score (nSPS) is 23.5. The van der Waals surface area contributed by atoms with E-state index in [-0.39, 0.29) is 17.9 Å². The molecule has 0 spiro atoms. The molecule has 0 saturated carbocycles.